The van der Waals surface area contributed by atoms with Gasteiger partial charge in [-0.3, -0.25) is 10.1 Å². The molecule has 0 bridgehead atoms. The van der Waals surface area contributed by atoms with Gasteiger partial charge in [-0.1, -0.05) is 13.8 Å². The molecule has 6 nitrogen and oxygen atoms in total. The summed E-state index contributed by atoms with van der Waals surface area (Å²) in [6.45, 7) is 4.71. The van der Waals surface area contributed by atoms with E-state index in [2.05, 4.69) is 5.32 Å². The molecule has 0 fully saturated rings. The monoisotopic (exact) mass is 270 g/mol. The number of nitrogens with one attached hydrogen (secondary N) is 1. The third-order valence-corrected chi connectivity index (χ3v) is 4.60. The molecule has 2 rings (SSSR count). The minimum Gasteiger partial charge on any atom is -0.384 e. The van der Waals surface area contributed by atoms with Crippen molar-refractivity contribution in [3.8, 4) is 0 Å². The molecule has 1 N–H and O–H groups in total. The van der Waals surface area contributed by atoms with Crippen LogP contribution in [0, 0.1) is 10.1 Å². The molecule has 98 valence electrons. The number of hydrogen-bond acceptors (Lipinski definition) is 5. The fourth-order valence-electron chi connectivity index (χ4n) is 2.06. The quantitative estimate of drug-likeness (QED) is 0.662. The van der Waals surface area contributed by atoms with Crippen LogP contribution in [0.1, 0.15) is 19.4 Å². The molecule has 0 aromatic heterocycles. The Morgan fingerprint density at radius 1 is 1.44 bits per heavy atom. The van der Waals surface area contributed by atoms with E-state index in [1.54, 1.807) is 6.07 Å². The molecule has 0 aliphatic carbocycles. The molecule has 0 amide bonds. The number of rotatable bonds is 3. The lowest BCUT2D eigenvalue weighted by atomic mass is 9.87. The van der Waals surface area contributed by atoms with E-state index in [1.165, 1.54) is 12.1 Å². The number of fused-ring (bicyclic) bond motifs is 1. The Kier molecular flexibility index (Phi) is 2.81. The van der Waals surface area contributed by atoms with Crippen LogP contribution in [0.3, 0.4) is 0 Å². The van der Waals surface area contributed by atoms with Crippen molar-refractivity contribution < 1.29 is 13.3 Å². The Morgan fingerprint density at radius 2 is 2.11 bits per heavy atom. The lowest BCUT2D eigenvalue weighted by Gasteiger charge is -2.17. The normalized spacial score (nSPS) is 17.0. The fraction of sp³-hybridized carbons (Fsp3) is 0.455. The Labute approximate surface area is 105 Å². The van der Waals surface area contributed by atoms with E-state index in [1.807, 2.05) is 13.8 Å². The summed E-state index contributed by atoms with van der Waals surface area (Å²) in [7, 11) is -3.86. The van der Waals surface area contributed by atoms with Crippen LogP contribution >= 0.6 is 0 Å². The van der Waals surface area contributed by atoms with Crippen molar-refractivity contribution in [1.82, 2.24) is 0 Å². The van der Waals surface area contributed by atoms with Crippen LogP contribution in [0.2, 0.25) is 0 Å². The van der Waals surface area contributed by atoms with Gasteiger partial charge in [-0.25, -0.2) is 8.42 Å². The summed E-state index contributed by atoms with van der Waals surface area (Å²) in [5.41, 5.74) is 1.60. The predicted molar refractivity (Wildman–Crippen MR) is 67.0 cm³/mol. The first-order chi connectivity index (χ1) is 8.22. The molecule has 1 aromatic carbocycles. The fourth-order valence-corrected chi connectivity index (χ4v) is 3.06. The van der Waals surface area contributed by atoms with Gasteiger partial charge in [0.2, 0.25) is 9.84 Å². The molecule has 7 heteroatoms. The van der Waals surface area contributed by atoms with Crippen LogP contribution in [0.5, 0.6) is 0 Å². The first-order valence-electron chi connectivity index (χ1n) is 5.45. The Bertz CT molecular complexity index is 607. The van der Waals surface area contributed by atoms with Crippen molar-refractivity contribution in [2.45, 2.75) is 24.2 Å². The van der Waals surface area contributed by atoms with E-state index >= 15 is 0 Å². The van der Waals surface area contributed by atoms with Crippen LogP contribution in [-0.4, -0.2) is 25.8 Å². The number of anilines is 1. The molecule has 0 atom stereocenters. The van der Waals surface area contributed by atoms with Crippen molar-refractivity contribution in [1.29, 1.82) is 0 Å². The first-order valence-corrected chi connectivity index (χ1v) is 7.10. The van der Waals surface area contributed by atoms with E-state index in [-0.39, 0.29) is 10.3 Å². The maximum atomic E-state index is 11.8. The average molecular weight is 270 g/mol. The Morgan fingerprint density at radius 3 is 2.72 bits per heavy atom. The SMILES string of the molecule is CC1(C)CNc2ccc(S(=O)(=O)C[N+](=O)[O-])cc21. The average Bonchev–Trinajstić information content (AvgIpc) is 2.53. The van der Waals surface area contributed by atoms with Gasteiger partial charge in [0.25, 0.3) is 0 Å². The minimum atomic E-state index is -3.86. The second-order valence-corrected chi connectivity index (χ2v) is 6.98. The topological polar surface area (TPSA) is 89.3 Å². The van der Waals surface area contributed by atoms with E-state index in [0.29, 0.717) is 0 Å². The molecule has 1 aliphatic rings. The van der Waals surface area contributed by atoms with Gasteiger partial charge in [-0.15, -0.1) is 0 Å². The van der Waals surface area contributed by atoms with Gasteiger partial charge >= 0.3 is 5.88 Å². The van der Waals surface area contributed by atoms with Crippen LogP contribution < -0.4 is 5.32 Å². The van der Waals surface area contributed by atoms with Gasteiger partial charge in [-0.2, -0.15) is 0 Å². The summed E-state index contributed by atoms with van der Waals surface area (Å²) >= 11 is 0. The maximum absolute atomic E-state index is 11.8. The second kappa shape index (κ2) is 3.94. The molecule has 0 saturated carbocycles. The van der Waals surface area contributed by atoms with Gasteiger partial charge in [0.1, 0.15) is 0 Å². The molecule has 0 spiro atoms. The third-order valence-electron chi connectivity index (χ3n) is 3.08. The Hall–Kier alpha value is -1.63. The van der Waals surface area contributed by atoms with Gasteiger partial charge < -0.3 is 5.32 Å². The van der Waals surface area contributed by atoms with Gasteiger partial charge in [0.05, 0.1) is 4.90 Å². The van der Waals surface area contributed by atoms with E-state index in [0.717, 1.165) is 17.8 Å². The predicted octanol–water partition coefficient (Wildman–Crippen LogP) is 1.40. The number of hydrogen-bond donors (Lipinski definition) is 1. The molecule has 1 aliphatic heterocycles. The van der Waals surface area contributed by atoms with Crippen LogP contribution in [0.15, 0.2) is 23.1 Å². The lowest BCUT2D eigenvalue weighted by Crippen LogP contribution is -2.20. The van der Waals surface area contributed by atoms with Crippen LogP contribution in [0.4, 0.5) is 5.69 Å². The third kappa shape index (κ3) is 2.17. The number of sulfone groups is 1. The zero-order valence-electron chi connectivity index (χ0n) is 10.1. The first kappa shape index (κ1) is 12.8. The summed E-state index contributed by atoms with van der Waals surface area (Å²) in [5, 5.41) is 13.5. The standard InChI is InChI=1S/C11H14N2O4S/c1-11(2)6-12-10-4-3-8(5-9(10)11)18(16,17)7-13(14)15/h3-5,12H,6-7H2,1-2H3. The highest BCUT2D eigenvalue weighted by molar-refractivity contribution is 7.91. The summed E-state index contributed by atoms with van der Waals surface area (Å²) < 4.78 is 23.6. The van der Waals surface area contributed by atoms with Gasteiger partial charge in [0, 0.05) is 22.6 Å². The number of benzene rings is 1. The molecular weight excluding hydrogens is 256 g/mol. The van der Waals surface area contributed by atoms with Crippen molar-refractivity contribution in [2.24, 2.45) is 0 Å². The zero-order valence-corrected chi connectivity index (χ0v) is 11.0. The number of nitrogens with zero attached hydrogens (tertiary/aromatic N) is 1. The molecular formula is C11H14N2O4S. The molecule has 0 unspecified atom stereocenters. The van der Waals surface area contributed by atoms with Crippen LogP contribution in [-0.2, 0) is 15.3 Å². The van der Waals surface area contributed by atoms with Crippen molar-refractivity contribution in [3.05, 3.63) is 33.9 Å². The minimum absolute atomic E-state index is 0.00900. The number of nitro groups is 1. The molecule has 1 aromatic rings. The van der Waals surface area contributed by atoms with Crippen molar-refractivity contribution in [3.63, 3.8) is 0 Å². The van der Waals surface area contributed by atoms with Crippen molar-refractivity contribution >= 4 is 15.5 Å². The van der Waals surface area contributed by atoms with Crippen LogP contribution in [0.25, 0.3) is 0 Å². The molecule has 18 heavy (non-hydrogen) atoms. The Balaban J connectivity index is 2.47. The zero-order chi connectivity index (χ0) is 13.6. The maximum Gasteiger partial charge on any atom is 0.305 e. The largest absolute Gasteiger partial charge is 0.384 e. The van der Waals surface area contributed by atoms with Crippen molar-refractivity contribution in [2.75, 3.05) is 17.7 Å². The summed E-state index contributed by atoms with van der Waals surface area (Å²) in [6, 6.07) is 4.61. The summed E-state index contributed by atoms with van der Waals surface area (Å²) in [6.07, 6.45) is 0. The molecule has 0 radical (unpaired) electrons. The summed E-state index contributed by atoms with van der Waals surface area (Å²) in [4.78, 5) is 9.54. The van der Waals surface area contributed by atoms with Gasteiger partial charge in [-0.05, 0) is 23.8 Å². The van der Waals surface area contributed by atoms with E-state index in [9.17, 15) is 18.5 Å². The highest BCUT2D eigenvalue weighted by Crippen LogP contribution is 2.37. The summed E-state index contributed by atoms with van der Waals surface area (Å²) in [5.74, 6) is -1.07. The molecule has 1 heterocycles. The highest BCUT2D eigenvalue weighted by atomic mass is 32.2. The van der Waals surface area contributed by atoms with Gasteiger partial charge in [0.15, 0.2) is 0 Å². The van der Waals surface area contributed by atoms with E-state index < -0.39 is 20.6 Å². The molecule has 0 saturated heterocycles. The highest BCUT2D eigenvalue weighted by Gasteiger charge is 2.32. The van der Waals surface area contributed by atoms with E-state index in [4.69, 9.17) is 0 Å². The second-order valence-electron chi connectivity index (χ2n) is 5.02. The lowest BCUT2D eigenvalue weighted by molar-refractivity contribution is -0.458. The smallest absolute Gasteiger partial charge is 0.305 e.